The maximum Gasteiger partial charge on any atom is 0.271 e. The molecular formula is C23H17ClN4O4S. The van der Waals surface area contributed by atoms with E-state index in [-0.39, 0.29) is 27.7 Å². The Morgan fingerprint density at radius 1 is 1.09 bits per heavy atom. The van der Waals surface area contributed by atoms with Gasteiger partial charge in [-0.25, -0.2) is 4.98 Å². The minimum atomic E-state index is -0.567. The predicted molar refractivity (Wildman–Crippen MR) is 129 cm³/mol. The Balaban J connectivity index is 1.60. The first-order valence-electron chi connectivity index (χ1n) is 9.82. The zero-order valence-corrected chi connectivity index (χ0v) is 18.7. The molecule has 0 radical (unpaired) electrons. The van der Waals surface area contributed by atoms with Crippen LogP contribution in [0.15, 0.2) is 82.7 Å². The normalized spacial score (nSPS) is 10.8. The third kappa shape index (κ3) is 5.21. The van der Waals surface area contributed by atoms with Gasteiger partial charge in [-0.2, -0.15) is 0 Å². The molecule has 33 heavy (non-hydrogen) atoms. The molecule has 0 saturated heterocycles. The van der Waals surface area contributed by atoms with Crippen LogP contribution < -0.4 is 10.9 Å². The van der Waals surface area contributed by atoms with Crippen molar-refractivity contribution in [3.8, 4) is 0 Å². The van der Waals surface area contributed by atoms with Crippen molar-refractivity contribution in [1.29, 1.82) is 0 Å². The molecule has 0 spiro atoms. The number of thioether (sulfide) groups is 1. The lowest BCUT2D eigenvalue weighted by Gasteiger charge is -2.13. The van der Waals surface area contributed by atoms with Gasteiger partial charge in [0.25, 0.3) is 11.2 Å². The molecule has 0 aliphatic heterocycles. The second-order valence-corrected chi connectivity index (χ2v) is 8.40. The van der Waals surface area contributed by atoms with Crippen LogP contribution >= 0.6 is 23.4 Å². The van der Waals surface area contributed by atoms with Crippen LogP contribution in [0.3, 0.4) is 0 Å². The molecule has 1 N–H and O–H groups in total. The number of non-ortho nitro benzene ring substituents is 1. The summed E-state index contributed by atoms with van der Waals surface area (Å²) in [6.45, 7) is 0.304. The van der Waals surface area contributed by atoms with E-state index in [0.29, 0.717) is 22.6 Å². The molecule has 166 valence electrons. The minimum Gasteiger partial charge on any atom is -0.324 e. The highest BCUT2D eigenvalue weighted by Gasteiger charge is 2.16. The van der Waals surface area contributed by atoms with Crippen molar-refractivity contribution < 1.29 is 9.72 Å². The zero-order valence-electron chi connectivity index (χ0n) is 17.1. The molecule has 0 fully saturated rings. The predicted octanol–water partition coefficient (Wildman–Crippen LogP) is 4.74. The standard InChI is InChI=1S/C23H17ClN4O4S/c24-18-11-10-16(28(31)32)12-20(18)25-21(29)14-33-23-26-19-9-5-4-8-17(19)22(30)27(23)13-15-6-2-1-3-7-15/h1-12H,13-14H2,(H,25,29). The van der Waals surface area contributed by atoms with Gasteiger partial charge < -0.3 is 5.32 Å². The van der Waals surface area contributed by atoms with Crippen molar-refractivity contribution in [3.05, 3.63) is 104 Å². The summed E-state index contributed by atoms with van der Waals surface area (Å²) in [5.74, 6) is -0.505. The van der Waals surface area contributed by atoms with Gasteiger partial charge in [0.15, 0.2) is 5.16 Å². The highest BCUT2D eigenvalue weighted by Crippen LogP contribution is 2.27. The molecule has 1 amide bonds. The molecular weight excluding hydrogens is 464 g/mol. The number of nitrogens with zero attached hydrogens (tertiary/aromatic N) is 3. The summed E-state index contributed by atoms with van der Waals surface area (Å²) < 4.78 is 1.54. The second kappa shape index (κ2) is 9.85. The number of aromatic nitrogens is 2. The van der Waals surface area contributed by atoms with Gasteiger partial charge in [-0.15, -0.1) is 0 Å². The van der Waals surface area contributed by atoms with Crippen LogP contribution in [0, 0.1) is 10.1 Å². The first-order chi connectivity index (χ1) is 15.9. The summed E-state index contributed by atoms with van der Waals surface area (Å²) in [5.41, 5.74) is 1.22. The summed E-state index contributed by atoms with van der Waals surface area (Å²) in [6.07, 6.45) is 0. The quantitative estimate of drug-likeness (QED) is 0.177. The second-order valence-electron chi connectivity index (χ2n) is 7.05. The van der Waals surface area contributed by atoms with Gasteiger partial charge in [0.1, 0.15) is 0 Å². The van der Waals surface area contributed by atoms with Crippen molar-refractivity contribution in [1.82, 2.24) is 9.55 Å². The van der Waals surface area contributed by atoms with Crippen LogP contribution in [0.5, 0.6) is 0 Å². The Kier molecular flexibility index (Phi) is 6.71. The Morgan fingerprint density at radius 2 is 1.82 bits per heavy atom. The Morgan fingerprint density at radius 3 is 2.58 bits per heavy atom. The van der Waals surface area contributed by atoms with Crippen molar-refractivity contribution in [2.24, 2.45) is 0 Å². The lowest BCUT2D eigenvalue weighted by Crippen LogP contribution is -2.25. The Labute approximate surface area is 197 Å². The fourth-order valence-corrected chi connectivity index (χ4v) is 4.17. The number of fused-ring (bicyclic) bond motifs is 1. The maximum atomic E-state index is 13.2. The van der Waals surface area contributed by atoms with Crippen LogP contribution in [-0.4, -0.2) is 26.1 Å². The lowest BCUT2D eigenvalue weighted by molar-refractivity contribution is -0.384. The van der Waals surface area contributed by atoms with E-state index in [1.54, 1.807) is 24.3 Å². The lowest BCUT2D eigenvalue weighted by atomic mass is 10.2. The summed E-state index contributed by atoms with van der Waals surface area (Å²) in [5, 5.41) is 14.6. The number of anilines is 1. The molecule has 0 saturated carbocycles. The Bertz CT molecular complexity index is 1410. The van der Waals surface area contributed by atoms with E-state index in [1.165, 1.54) is 22.8 Å². The van der Waals surface area contributed by atoms with E-state index in [1.807, 2.05) is 30.3 Å². The minimum absolute atomic E-state index is 0.0708. The maximum absolute atomic E-state index is 13.2. The van der Waals surface area contributed by atoms with Gasteiger partial charge in [-0.3, -0.25) is 24.3 Å². The third-order valence-electron chi connectivity index (χ3n) is 4.78. The van der Waals surface area contributed by atoms with Gasteiger partial charge in [-0.05, 0) is 23.8 Å². The van der Waals surface area contributed by atoms with Crippen LogP contribution in [0.1, 0.15) is 5.56 Å². The molecule has 3 aromatic carbocycles. The smallest absolute Gasteiger partial charge is 0.271 e. The van der Waals surface area contributed by atoms with Crippen molar-refractivity contribution in [2.75, 3.05) is 11.1 Å². The van der Waals surface area contributed by atoms with Gasteiger partial charge in [0, 0.05) is 12.1 Å². The number of nitro groups is 1. The molecule has 1 aromatic heterocycles. The fourth-order valence-electron chi connectivity index (χ4n) is 3.20. The number of carbonyl (C=O) groups excluding carboxylic acids is 1. The molecule has 0 aliphatic rings. The van der Waals surface area contributed by atoms with E-state index in [9.17, 15) is 19.7 Å². The number of halogens is 1. The van der Waals surface area contributed by atoms with Gasteiger partial charge >= 0.3 is 0 Å². The zero-order chi connectivity index (χ0) is 23.4. The molecule has 10 heteroatoms. The number of para-hydroxylation sites is 1. The molecule has 0 aliphatic carbocycles. The molecule has 0 bridgehead atoms. The monoisotopic (exact) mass is 480 g/mol. The van der Waals surface area contributed by atoms with Crippen molar-refractivity contribution in [2.45, 2.75) is 11.7 Å². The number of rotatable bonds is 7. The van der Waals surface area contributed by atoms with E-state index >= 15 is 0 Å². The number of carbonyl (C=O) groups is 1. The van der Waals surface area contributed by atoms with Crippen LogP contribution in [0.2, 0.25) is 5.02 Å². The van der Waals surface area contributed by atoms with E-state index in [0.717, 1.165) is 17.3 Å². The molecule has 0 atom stereocenters. The van der Waals surface area contributed by atoms with E-state index in [2.05, 4.69) is 10.3 Å². The molecule has 8 nitrogen and oxygen atoms in total. The number of hydrogen-bond donors (Lipinski definition) is 1. The number of nitro benzene ring substituents is 1. The third-order valence-corrected chi connectivity index (χ3v) is 6.08. The Hall–Kier alpha value is -3.69. The van der Waals surface area contributed by atoms with Crippen LogP contribution in [0.25, 0.3) is 10.9 Å². The highest BCUT2D eigenvalue weighted by molar-refractivity contribution is 7.99. The molecule has 4 rings (SSSR count). The summed E-state index contributed by atoms with van der Waals surface area (Å²) in [6, 6.07) is 20.3. The first kappa shape index (κ1) is 22.5. The van der Waals surface area contributed by atoms with Crippen LogP contribution in [-0.2, 0) is 11.3 Å². The number of benzene rings is 3. The first-order valence-corrected chi connectivity index (χ1v) is 11.2. The van der Waals surface area contributed by atoms with E-state index < -0.39 is 10.8 Å². The SMILES string of the molecule is O=C(CSc1nc2ccccc2c(=O)n1Cc1ccccc1)Nc1cc([N+](=O)[O-])ccc1Cl. The molecule has 4 aromatic rings. The van der Waals surface area contributed by atoms with Crippen molar-refractivity contribution >= 4 is 51.5 Å². The van der Waals surface area contributed by atoms with Gasteiger partial charge in [0.05, 0.1) is 38.8 Å². The molecule has 1 heterocycles. The largest absolute Gasteiger partial charge is 0.324 e. The topological polar surface area (TPSA) is 107 Å². The average molecular weight is 481 g/mol. The highest BCUT2D eigenvalue weighted by atomic mass is 35.5. The average Bonchev–Trinajstić information content (AvgIpc) is 2.82. The van der Waals surface area contributed by atoms with E-state index in [4.69, 9.17) is 11.6 Å². The number of hydrogen-bond acceptors (Lipinski definition) is 6. The fraction of sp³-hybridized carbons (Fsp3) is 0.0870. The summed E-state index contributed by atoms with van der Waals surface area (Å²) >= 11 is 7.16. The van der Waals surface area contributed by atoms with Gasteiger partial charge in [-0.1, -0.05) is 65.8 Å². The van der Waals surface area contributed by atoms with Gasteiger partial charge in [0.2, 0.25) is 5.91 Å². The van der Waals surface area contributed by atoms with Crippen LogP contribution in [0.4, 0.5) is 11.4 Å². The molecule has 0 unspecified atom stereocenters. The summed E-state index contributed by atoms with van der Waals surface area (Å²) in [7, 11) is 0. The van der Waals surface area contributed by atoms with Crippen molar-refractivity contribution in [3.63, 3.8) is 0 Å². The summed E-state index contributed by atoms with van der Waals surface area (Å²) in [4.78, 5) is 40.7. The number of amides is 1. The number of nitrogens with one attached hydrogen (secondary N) is 1.